The van der Waals surface area contributed by atoms with Crippen LogP contribution in [0.3, 0.4) is 0 Å². The van der Waals surface area contributed by atoms with Crippen molar-refractivity contribution in [1.82, 2.24) is 0 Å². The van der Waals surface area contributed by atoms with Gasteiger partial charge in [0.1, 0.15) is 0 Å². The molecule has 0 fully saturated rings. The number of primary amides is 1. The molecule has 4 heteroatoms. The van der Waals surface area contributed by atoms with Crippen LogP contribution in [0, 0.1) is 5.92 Å². The molecule has 0 bridgehead atoms. The van der Waals surface area contributed by atoms with E-state index in [1.807, 2.05) is 0 Å². The van der Waals surface area contributed by atoms with Gasteiger partial charge in [-0.15, -0.1) is 0 Å². The second-order valence-corrected chi connectivity index (χ2v) is 4.93. The van der Waals surface area contributed by atoms with E-state index in [9.17, 15) is 4.79 Å². The van der Waals surface area contributed by atoms with Crippen molar-refractivity contribution in [2.45, 2.75) is 39.7 Å². The molecule has 2 atom stereocenters. The first-order valence-corrected chi connectivity index (χ1v) is 6.40. The number of nitrogens with one attached hydrogen (secondary N) is 1. The van der Waals surface area contributed by atoms with Crippen LogP contribution in [-0.2, 0) is 0 Å². The summed E-state index contributed by atoms with van der Waals surface area (Å²) in [7, 11) is 0. The number of nitrogens with two attached hydrogens (primary N) is 2. The van der Waals surface area contributed by atoms with E-state index in [-0.39, 0.29) is 6.04 Å². The number of carbonyl (C=O) groups excluding carboxylic acids is 1. The van der Waals surface area contributed by atoms with Crippen LogP contribution in [0.1, 0.15) is 44.0 Å². The van der Waals surface area contributed by atoms with E-state index < -0.39 is 5.91 Å². The summed E-state index contributed by atoms with van der Waals surface area (Å²) < 4.78 is 0. The summed E-state index contributed by atoms with van der Waals surface area (Å²) in [6.45, 7) is 6.47. The molecule has 0 saturated carbocycles. The summed E-state index contributed by atoms with van der Waals surface area (Å²) in [4.78, 5) is 11.4. The predicted molar refractivity (Wildman–Crippen MR) is 76.5 cm³/mol. The first-order chi connectivity index (χ1) is 8.45. The van der Waals surface area contributed by atoms with Crippen LogP contribution in [-0.4, -0.2) is 11.9 Å². The van der Waals surface area contributed by atoms with E-state index in [0.717, 1.165) is 12.8 Å². The normalized spacial score (nSPS) is 13.9. The summed E-state index contributed by atoms with van der Waals surface area (Å²) in [6, 6.07) is 5.45. The van der Waals surface area contributed by atoms with E-state index >= 15 is 0 Å². The van der Waals surface area contributed by atoms with Gasteiger partial charge in [-0.05, 0) is 31.4 Å². The second-order valence-electron chi connectivity index (χ2n) is 4.93. The van der Waals surface area contributed by atoms with Gasteiger partial charge in [0, 0.05) is 6.04 Å². The minimum Gasteiger partial charge on any atom is -0.397 e. The van der Waals surface area contributed by atoms with Crippen molar-refractivity contribution < 1.29 is 4.79 Å². The highest BCUT2D eigenvalue weighted by Gasteiger charge is 2.14. The lowest BCUT2D eigenvalue weighted by Gasteiger charge is -2.21. The fraction of sp³-hybridized carbons (Fsp3) is 0.500. The monoisotopic (exact) mass is 249 g/mol. The highest BCUT2D eigenvalue weighted by molar-refractivity contribution is 6.01. The number of amides is 1. The van der Waals surface area contributed by atoms with Gasteiger partial charge in [0.15, 0.2) is 0 Å². The zero-order chi connectivity index (χ0) is 13.7. The maximum atomic E-state index is 11.4. The van der Waals surface area contributed by atoms with Crippen molar-refractivity contribution in [2.24, 2.45) is 11.7 Å². The molecule has 1 aromatic rings. The second kappa shape index (κ2) is 6.28. The van der Waals surface area contributed by atoms with Gasteiger partial charge >= 0.3 is 0 Å². The van der Waals surface area contributed by atoms with Gasteiger partial charge in [-0.1, -0.05) is 26.3 Å². The van der Waals surface area contributed by atoms with Gasteiger partial charge in [0.25, 0.3) is 5.91 Å². The number of carbonyl (C=O) groups is 1. The highest BCUT2D eigenvalue weighted by atomic mass is 16.1. The highest BCUT2D eigenvalue weighted by Crippen LogP contribution is 2.25. The number of para-hydroxylation sites is 1. The van der Waals surface area contributed by atoms with Crippen LogP contribution in [0.5, 0.6) is 0 Å². The Bertz CT molecular complexity index is 418. The number of rotatable bonds is 6. The molecule has 0 heterocycles. The molecule has 1 aromatic carbocycles. The molecule has 0 aliphatic heterocycles. The Morgan fingerprint density at radius 3 is 2.61 bits per heavy atom. The summed E-state index contributed by atoms with van der Waals surface area (Å²) >= 11 is 0. The number of benzene rings is 1. The molecular formula is C14H23N3O. The van der Waals surface area contributed by atoms with Crippen LogP contribution in [0.25, 0.3) is 0 Å². The molecule has 0 radical (unpaired) electrons. The average molecular weight is 249 g/mol. The third kappa shape index (κ3) is 3.65. The Morgan fingerprint density at radius 1 is 1.39 bits per heavy atom. The molecule has 0 aliphatic rings. The molecule has 0 aromatic heterocycles. The van der Waals surface area contributed by atoms with Crippen LogP contribution in [0.2, 0.25) is 0 Å². The molecule has 0 saturated heterocycles. The smallest absolute Gasteiger partial charge is 0.250 e. The van der Waals surface area contributed by atoms with Crippen molar-refractivity contribution in [3.05, 3.63) is 23.8 Å². The van der Waals surface area contributed by atoms with Crippen LogP contribution >= 0.6 is 0 Å². The third-order valence-electron chi connectivity index (χ3n) is 3.21. The minimum atomic E-state index is -0.458. The fourth-order valence-corrected chi connectivity index (χ4v) is 2.01. The predicted octanol–water partition coefficient (Wildman–Crippen LogP) is 2.60. The Labute approximate surface area is 109 Å². The largest absolute Gasteiger partial charge is 0.397 e. The van der Waals surface area contributed by atoms with Crippen molar-refractivity contribution >= 4 is 17.3 Å². The molecule has 1 rings (SSSR count). The van der Waals surface area contributed by atoms with E-state index in [1.165, 1.54) is 0 Å². The van der Waals surface area contributed by atoms with Gasteiger partial charge in [-0.25, -0.2) is 0 Å². The topological polar surface area (TPSA) is 81.1 Å². The fourth-order valence-electron chi connectivity index (χ4n) is 2.01. The number of anilines is 2. The molecule has 18 heavy (non-hydrogen) atoms. The van der Waals surface area contributed by atoms with Crippen molar-refractivity contribution in [3.8, 4) is 0 Å². The summed E-state index contributed by atoms with van der Waals surface area (Å²) in [5.74, 6) is 0.176. The van der Waals surface area contributed by atoms with Gasteiger partial charge in [-0.2, -0.15) is 0 Å². The zero-order valence-electron chi connectivity index (χ0n) is 11.4. The Kier molecular flexibility index (Phi) is 5.01. The summed E-state index contributed by atoms with van der Waals surface area (Å²) in [5.41, 5.74) is 12.9. The molecule has 4 nitrogen and oxygen atoms in total. The number of nitrogen functional groups attached to an aromatic ring is 1. The van der Waals surface area contributed by atoms with Gasteiger partial charge in [0.05, 0.1) is 16.9 Å². The first kappa shape index (κ1) is 14.4. The maximum Gasteiger partial charge on any atom is 0.250 e. The molecular weight excluding hydrogens is 226 g/mol. The number of hydrogen-bond acceptors (Lipinski definition) is 3. The quantitative estimate of drug-likeness (QED) is 0.678. The van der Waals surface area contributed by atoms with E-state index in [1.54, 1.807) is 18.2 Å². The van der Waals surface area contributed by atoms with Crippen LogP contribution in [0.4, 0.5) is 11.4 Å². The lowest BCUT2D eigenvalue weighted by molar-refractivity contribution is 0.100. The standard InChI is InChI=1S/C14H23N3O/c1-4-9(2)8-10(3)17-13-11(14(16)18)6-5-7-12(13)15/h5-7,9-10,17H,4,8,15H2,1-3H3,(H2,16,18). The van der Waals surface area contributed by atoms with E-state index in [4.69, 9.17) is 11.5 Å². The zero-order valence-corrected chi connectivity index (χ0v) is 11.4. The Morgan fingerprint density at radius 2 is 2.06 bits per heavy atom. The Hall–Kier alpha value is -1.71. The molecule has 2 unspecified atom stereocenters. The molecule has 5 N–H and O–H groups in total. The molecule has 1 amide bonds. The van der Waals surface area contributed by atoms with Gasteiger partial charge < -0.3 is 16.8 Å². The van der Waals surface area contributed by atoms with E-state index in [0.29, 0.717) is 22.9 Å². The van der Waals surface area contributed by atoms with Crippen LogP contribution < -0.4 is 16.8 Å². The minimum absolute atomic E-state index is 0.253. The SMILES string of the molecule is CCC(C)CC(C)Nc1c(N)cccc1C(N)=O. The summed E-state index contributed by atoms with van der Waals surface area (Å²) in [5, 5.41) is 3.30. The first-order valence-electron chi connectivity index (χ1n) is 6.40. The van der Waals surface area contributed by atoms with Gasteiger partial charge in [-0.3, -0.25) is 4.79 Å². The lowest BCUT2D eigenvalue weighted by Crippen LogP contribution is -2.22. The summed E-state index contributed by atoms with van der Waals surface area (Å²) in [6.07, 6.45) is 2.17. The molecule has 100 valence electrons. The third-order valence-corrected chi connectivity index (χ3v) is 3.21. The van der Waals surface area contributed by atoms with Crippen molar-refractivity contribution in [1.29, 1.82) is 0 Å². The van der Waals surface area contributed by atoms with E-state index in [2.05, 4.69) is 26.1 Å². The lowest BCUT2D eigenvalue weighted by atomic mass is 9.99. The maximum absolute atomic E-state index is 11.4. The van der Waals surface area contributed by atoms with Crippen LogP contribution in [0.15, 0.2) is 18.2 Å². The molecule has 0 aliphatic carbocycles. The van der Waals surface area contributed by atoms with Gasteiger partial charge in [0.2, 0.25) is 0 Å². The average Bonchev–Trinajstić information content (AvgIpc) is 2.31. The number of hydrogen-bond donors (Lipinski definition) is 3. The van der Waals surface area contributed by atoms with Crippen molar-refractivity contribution in [2.75, 3.05) is 11.1 Å². The molecule has 0 spiro atoms. The van der Waals surface area contributed by atoms with Crippen molar-refractivity contribution in [3.63, 3.8) is 0 Å². The Balaban J connectivity index is 2.86.